The van der Waals surface area contributed by atoms with E-state index in [0.717, 1.165) is 40.4 Å². The minimum atomic E-state index is -0.455. The molecule has 0 radical (unpaired) electrons. The van der Waals surface area contributed by atoms with Crippen molar-refractivity contribution in [2.24, 2.45) is 0 Å². The quantitative estimate of drug-likeness (QED) is 0.542. The number of methoxy groups -OCH3 is 1. The van der Waals surface area contributed by atoms with Crippen LogP contribution in [0.4, 0.5) is 5.69 Å². The fourth-order valence-electron chi connectivity index (χ4n) is 3.57. The molecule has 0 aliphatic carbocycles. The first-order chi connectivity index (χ1) is 13.5. The minimum Gasteiger partial charge on any atom is -0.464 e. The predicted octanol–water partition coefficient (Wildman–Crippen LogP) is 4.63. The van der Waals surface area contributed by atoms with E-state index in [-0.39, 0.29) is 17.7 Å². The third kappa shape index (κ3) is 3.37. The Morgan fingerprint density at radius 1 is 1.32 bits per heavy atom. The fourth-order valence-corrected chi connectivity index (χ4v) is 3.93. The second kappa shape index (κ2) is 7.50. The van der Waals surface area contributed by atoms with Crippen molar-refractivity contribution in [2.45, 2.75) is 38.6 Å². The number of carbonyl (C=O) groups is 1. The van der Waals surface area contributed by atoms with Crippen LogP contribution in [0.15, 0.2) is 33.3 Å². The Labute approximate surface area is 171 Å². The first kappa shape index (κ1) is 18.9. The predicted molar refractivity (Wildman–Crippen MR) is 108 cm³/mol. The number of halogens is 1. The number of nitrogens with zero attached hydrogens (tertiary/aromatic N) is 4. The molecular formula is C20H21BrN4O3. The number of carbonyl (C=O) groups excluding carboxylic acids is 1. The van der Waals surface area contributed by atoms with E-state index in [2.05, 4.69) is 36.0 Å². The van der Waals surface area contributed by atoms with E-state index in [1.54, 1.807) is 6.07 Å². The van der Waals surface area contributed by atoms with Gasteiger partial charge in [-0.1, -0.05) is 34.9 Å². The summed E-state index contributed by atoms with van der Waals surface area (Å²) >= 11 is 3.54. The first-order valence-corrected chi connectivity index (χ1v) is 10.1. The van der Waals surface area contributed by atoms with E-state index in [0.29, 0.717) is 11.7 Å². The van der Waals surface area contributed by atoms with Crippen LogP contribution in [-0.2, 0) is 4.74 Å². The number of esters is 1. The van der Waals surface area contributed by atoms with Gasteiger partial charge in [0, 0.05) is 28.0 Å². The van der Waals surface area contributed by atoms with E-state index < -0.39 is 5.97 Å². The van der Waals surface area contributed by atoms with E-state index in [4.69, 9.17) is 9.26 Å². The van der Waals surface area contributed by atoms with Crippen molar-refractivity contribution in [1.82, 2.24) is 15.1 Å². The van der Waals surface area contributed by atoms with E-state index in [1.807, 2.05) is 32.0 Å². The maximum absolute atomic E-state index is 12.2. The summed E-state index contributed by atoms with van der Waals surface area (Å²) in [5, 5.41) is 5.18. The summed E-state index contributed by atoms with van der Waals surface area (Å²) in [6.07, 6.45) is 1.92. The lowest BCUT2D eigenvalue weighted by Gasteiger charge is -2.26. The molecule has 8 heteroatoms. The molecule has 0 saturated carbocycles. The molecule has 4 rings (SSSR count). The Hall–Kier alpha value is -2.48. The Kier molecular flexibility index (Phi) is 5.05. The number of hydrogen-bond acceptors (Lipinski definition) is 7. The molecule has 1 atom stereocenters. The average Bonchev–Trinajstić information content (AvgIpc) is 3.35. The monoisotopic (exact) mass is 444 g/mol. The SMILES string of the molecule is COC(=O)c1cc(N2CCCC2c2noc(C(C)C)n2)c2cc(Br)ccc2n1. The zero-order valence-electron chi connectivity index (χ0n) is 16.0. The van der Waals surface area contributed by atoms with Crippen LogP contribution in [-0.4, -0.2) is 34.7 Å². The van der Waals surface area contributed by atoms with Gasteiger partial charge in [0.25, 0.3) is 0 Å². The van der Waals surface area contributed by atoms with Crippen LogP contribution in [0.1, 0.15) is 60.9 Å². The summed E-state index contributed by atoms with van der Waals surface area (Å²) in [5.74, 6) is 1.04. The molecule has 0 spiro atoms. The summed E-state index contributed by atoms with van der Waals surface area (Å²) in [7, 11) is 1.36. The normalized spacial score (nSPS) is 16.9. The summed E-state index contributed by atoms with van der Waals surface area (Å²) in [4.78, 5) is 23.5. The van der Waals surface area contributed by atoms with Crippen molar-refractivity contribution < 1.29 is 14.1 Å². The van der Waals surface area contributed by atoms with Gasteiger partial charge in [0.05, 0.1) is 18.7 Å². The highest BCUT2D eigenvalue weighted by Gasteiger charge is 2.32. The van der Waals surface area contributed by atoms with Crippen LogP contribution < -0.4 is 4.90 Å². The molecule has 3 aromatic rings. The number of aromatic nitrogens is 3. The van der Waals surface area contributed by atoms with Crippen molar-refractivity contribution in [3.63, 3.8) is 0 Å². The minimum absolute atomic E-state index is 0.00803. The molecule has 1 unspecified atom stereocenters. The lowest BCUT2D eigenvalue weighted by atomic mass is 10.1. The molecule has 3 heterocycles. The number of fused-ring (bicyclic) bond motifs is 1. The van der Waals surface area contributed by atoms with Crippen molar-refractivity contribution in [1.29, 1.82) is 0 Å². The van der Waals surface area contributed by atoms with Crippen molar-refractivity contribution in [3.05, 3.63) is 46.1 Å². The Morgan fingerprint density at radius 2 is 2.14 bits per heavy atom. The Balaban J connectivity index is 1.83. The van der Waals surface area contributed by atoms with Gasteiger partial charge < -0.3 is 14.2 Å². The molecule has 0 amide bonds. The van der Waals surface area contributed by atoms with Crippen LogP contribution in [0.5, 0.6) is 0 Å². The third-order valence-electron chi connectivity index (χ3n) is 4.96. The highest BCUT2D eigenvalue weighted by atomic mass is 79.9. The highest BCUT2D eigenvalue weighted by molar-refractivity contribution is 9.10. The van der Waals surface area contributed by atoms with Gasteiger partial charge >= 0.3 is 5.97 Å². The lowest BCUT2D eigenvalue weighted by molar-refractivity contribution is 0.0594. The highest BCUT2D eigenvalue weighted by Crippen LogP contribution is 2.39. The van der Waals surface area contributed by atoms with Gasteiger partial charge in [0.2, 0.25) is 5.89 Å². The molecule has 2 aromatic heterocycles. The second-order valence-corrected chi connectivity index (χ2v) is 8.09. The molecule has 1 aromatic carbocycles. The van der Waals surface area contributed by atoms with Crippen molar-refractivity contribution in [2.75, 3.05) is 18.6 Å². The van der Waals surface area contributed by atoms with E-state index in [1.165, 1.54) is 7.11 Å². The van der Waals surface area contributed by atoms with Crippen LogP contribution in [0.3, 0.4) is 0 Å². The van der Waals surface area contributed by atoms with Crippen molar-refractivity contribution >= 4 is 38.5 Å². The van der Waals surface area contributed by atoms with Crippen LogP contribution in [0.2, 0.25) is 0 Å². The topological polar surface area (TPSA) is 81.4 Å². The zero-order valence-corrected chi connectivity index (χ0v) is 17.6. The molecule has 1 saturated heterocycles. The lowest BCUT2D eigenvalue weighted by Crippen LogP contribution is -2.24. The average molecular weight is 445 g/mol. The van der Waals surface area contributed by atoms with Gasteiger partial charge in [-0.05, 0) is 37.1 Å². The van der Waals surface area contributed by atoms with Crippen LogP contribution >= 0.6 is 15.9 Å². The van der Waals surface area contributed by atoms with Crippen LogP contribution in [0, 0.1) is 0 Å². The van der Waals surface area contributed by atoms with Gasteiger partial charge in [0.15, 0.2) is 11.5 Å². The van der Waals surface area contributed by atoms with Gasteiger partial charge in [-0.3, -0.25) is 0 Å². The smallest absolute Gasteiger partial charge is 0.356 e. The summed E-state index contributed by atoms with van der Waals surface area (Å²) in [5.41, 5.74) is 1.95. The van der Waals surface area contributed by atoms with E-state index >= 15 is 0 Å². The maximum Gasteiger partial charge on any atom is 0.356 e. The van der Waals surface area contributed by atoms with Gasteiger partial charge in [-0.15, -0.1) is 0 Å². The molecule has 28 heavy (non-hydrogen) atoms. The van der Waals surface area contributed by atoms with E-state index in [9.17, 15) is 4.79 Å². The maximum atomic E-state index is 12.2. The second-order valence-electron chi connectivity index (χ2n) is 7.18. The molecule has 0 N–H and O–H groups in total. The summed E-state index contributed by atoms with van der Waals surface area (Å²) < 4.78 is 11.3. The van der Waals surface area contributed by atoms with Gasteiger partial charge in [0.1, 0.15) is 0 Å². The molecule has 0 bridgehead atoms. The van der Waals surface area contributed by atoms with Gasteiger partial charge in [-0.25, -0.2) is 9.78 Å². The molecule has 1 fully saturated rings. The molecule has 146 valence electrons. The Bertz CT molecular complexity index is 1030. The molecule has 1 aliphatic heterocycles. The van der Waals surface area contributed by atoms with Gasteiger partial charge in [-0.2, -0.15) is 4.98 Å². The molecule has 1 aliphatic rings. The van der Waals surface area contributed by atoms with Crippen molar-refractivity contribution in [3.8, 4) is 0 Å². The third-order valence-corrected chi connectivity index (χ3v) is 5.45. The summed E-state index contributed by atoms with van der Waals surface area (Å²) in [6, 6.07) is 7.61. The summed E-state index contributed by atoms with van der Waals surface area (Å²) in [6.45, 7) is 4.89. The molecular weight excluding hydrogens is 424 g/mol. The van der Waals surface area contributed by atoms with Crippen LogP contribution in [0.25, 0.3) is 10.9 Å². The molecule has 7 nitrogen and oxygen atoms in total. The number of benzene rings is 1. The number of rotatable bonds is 4. The standard InChI is InChI=1S/C20H21BrN4O3/c1-11(2)19-23-18(24-28-19)16-5-4-8-25(16)17-10-15(20(26)27-3)22-14-7-6-12(21)9-13(14)17/h6-7,9-11,16H,4-5,8H2,1-3H3. The largest absolute Gasteiger partial charge is 0.464 e. The fraction of sp³-hybridized carbons (Fsp3) is 0.400. The zero-order chi connectivity index (χ0) is 19.8. The Morgan fingerprint density at radius 3 is 2.86 bits per heavy atom. The number of hydrogen-bond donors (Lipinski definition) is 0. The number of anilines is 1. The first-order valence-electron chi connectivity index (χ1n) is 9.26. The number of ether oxygens (including phenoxy) is 1. The number of pyridine rings is 1.